The topological polar surface area (TPSA) is 51.3 Å². The molecule has 5 nitrogen and oxygen atoms in total. The van der Waals surface area contributed by atoms with Gasteiger partial charge in [0, 0.05) is 33.7 Å². The summed E-state index contributed by atoms with van der Waals surface area (Å²) in [6, 6.07) is 36.6. The van der Waals surface area contributed by atoms with Crippen molar-refractivity contribution >= 4 is 23.0 Å². The average molecular weight is 527 g/mol. The fourth-order valence-electron chi connectivity index (χ4n) is 5.32. The standard InChI is InChI=1S/C34H27FN4O/c1-23-21-30(24(2)38(23)28-19-17-26(35)18-20-28)34(40)37-36-22-31-29-15-9-10-16-32(29)39(27-13-7-4-8-14-27)33(31)25-11-5-3-6-12-25/h3-22H,1-2H3,(H,37,40)/b36-22-. The molecule has 0 atom stereocenters. The van der Waals surface area contributed by atoms with E-state index in [1.807, 2.05) is 73.0 Å². The molecule has 4 aromatic carbocycles. The molecule has 6 heteroatoms. The maximum Gasteiger partial charge on any atom is 0.273 e. The molecule has 0 unspecified atom stereocenters. The third-order valence-corrected chi connectivity index (χ3v) is 7.10. The Hall–Kier alpha value is -5.23. The highest BCUT2D eigenvalue weighted by Crippen LogP contribution is 2.35. The number of carbonyl (C=O) groups is 1. The summed E-state index contributed by atoms with van der Waals surface area (Å²) in [6.45, 7) is 3.79. The molecule has 0 fully saturated rings. The maximum atomic E-state index is 13.5. The number of hydrogen-bond donors (Lipinski definition) is 1. The number of rotatable bonds is 6. The van der Waals surface area contributed by atoms with Crippen molar-refractivity contribution in [2.45, 2.75) is 13.8 Å². The molecule has 1 amide bonds. The quantitative estimate of drug-likeness (QED) is 0.176. The lowest BCUT2D eigenvalue weighted by Crippen LogP contribution is -2.18. The Kier molecular flexibility index (Phi) is 6.58. The van der Waals surface area contributed by atoms with Gasteiger partial charge in [0.1, 0.15) is 5.82 Å². The second-order valence-electron chi connectivity index (χ2n) is 9.61. The highest BCUT2D eigenvalue weighted by Gasteiger charge is 2.20. The maximum absolute atomic E-state index is 13.5. The molecule has 0 saturated heterocycles. The van der Waals surface area contributed by atoms with E-state index >= 15 is 0 Å². The average Bonchev–Trinajstić information content (AvgIpc) is 3.48. The van der Waals surface area contributed by atoms with Crippen LogP contribution < -0.4 is 5.43 Å². The number of carbonyl (C=O) groups excluding carboxylic acids is 1. The number of nitrogens with zero attached hydrogens (tertiary/aromatic N) is 3. The molecule has 196 valence electrons. The number of nitrogens with one attached hydrogen (secondary N) is 1. The summed E-state index contributed by atoms with van der Waals surface area (Å²) in [5.74, 6) is -0.618. The summed E-state index contributed by atoms with van der Waals surface area (Å²) in [6.07, 6.45) is 1.72. The fourth-order valence-corrected chi connectivity index (χ4v) is 5.32. The highest BCUT2D eigenvalue weighted by atomic mass is 19.1. The van der Waals surface area contributed by atoms with Crippen LogP contribution in [0.5, 0.6) is 0 Å². The summed E-state index contributed by atoms with van der Waals surface area (Å²) in [5, 5.41) is 5.45. The molecule has 0 radical (unpaired) electrons. The number of para-hydroxylation sites is 2. The van der Waals surface area contributed by atoms with Crippen molar-refractivity contribution in [3.05, 3.63) is 144 Å². The smallest absolute Gasteiger partial charge is 0.273 e. The van der Waals surface area contributed by atoms with Crippen LogP contribution in [0.2, 0.25) is 0 Å². The first kappa shape index (κ1) is 25.1. The molecule has 2 aromatic heterocycles. The molecule has 0 bridgehead atoms. The van der Waals surface area contributed by atoms with E-state index in [9.17, 15) is 9.18 Å². The van der Waals surface area contributed by atoms with Crippen molar-refractivity contribution in [2.24, 2.45) is 5.10 Å². The Morgan fingerprint density at radius 2 is 1.40 bits per heavy atom. The van der Waals surface area contributed by atoms with Gasteiger partial charge < -0.3 is 9.13 Å². The Bertz CT molecular complexity index is 1850. The number of halogens is 1. The Labute approximate surface area is 231 Å². The van der Waals surface area contributed by atoms with E-state index in [-0.39, 0.29) is 11.7 Å². The number of amides is 1. The molecule has 6 aromatic rings. The zero-order valence-corrected chi connectivity index (χ0v) is 22.2. The van der Waals surface area contributed by atoms with Crippen molar-refractivity contribution in [3.63, 3.8) is 0 Å². The normalized spacial score (nSPS) is 11.4. The van der Waals surface area contributed by atoms with Crippen molar-refractivity contribution in [1.82, 2.24) is 14.6 Å². The van der Waals surface area contributed by atoms with Crippen LogP contribution in [0.4, 0.5) is 4.39 Å². The van der Waals surface area contributed by atoms with Gasteiger partial charge in [-0.1, -0.05) is 66.7 Å². The lowest BCUT2D eigenvalue weighted by molar-refractivity contribution is 0.0954. The van der Waals surface area contributed by atoms with E-state index in [2.05, 4.69) is 51.5 Å². The van der Waals surface area contributed by atoms with Gasteiger partial charge in [0.05, 0.1) is 23.0 Å². The van der Waals surface area contributed by atoms with Crippen LogP contribution >= 0.6 is 0 Å². The summed E-state index contributed by atoms with van der Waals surface area (Å²) in [7, 11) is 0. The van der Waals surface area contributed by atoms with Crippen molar-refractivity contribution < 1.29 is 9.18 Å². The minimum absolute atomic E-state index is 0.304. The van der Waals surface area contributed by atoms with E-state index in [1.165, 1.54) is 12.1 Å². The second kappa shape index (κ2) is 10.5. The van der Waals surface area contributed by atoms with Gasteiger partial charge in [-0.2, -0.15) is 5.10 Å². The van der Waals surface area contributed by atoms with Gasteiger partial charge in [-0.05, 0) is 67.9 Å². The molecule has 0 aliphatic rings. The van der Waals surface area contributed by atoms with Gasteiger partial charge in [0.2, 0.25) is 0 Å². The van der Waals surface area contributed by atoms with E-state index in [0.717, 1.165) is 50.5 Å². The molecule has 0 aliphatic heterocycles. The van der Waals surface area contributed by atoms with Crippen molar-refractivity contribution in [2.75, 3.05) is 0 Å². The van der Waals surface area contributed by atoms with Gasteiger partial charge in [0.25, 0.3) is 5.91 Å². The zero-order valence-electron chi connectivity index (χ0n) is 22.2. The van der Waals surface area contributed by atoms with Crippen LogP contribution in [0, 0.1) is 19.7 Å². The molecule has 6 rings (SSSR count). The number of benzene rings is 4. The lowest BCUT2D eigenvalue weighted by Gasteiger charge is -2.12. The summed E-state index contributed by atoms with van der Waals surface area (Å²) < 4.78 is 17.6. The Balaban J connectivity index is 1.40. The van der Waals surface area contributed by atoms with Crippen LogP contribution in [-0.2, 0) is 0 Å². The molecule has 0 spiro atoms. The minimum atomic E-state index is -0.314. The first-order chi connectivity index (χ1) is 19.5. The van der Waals surface area contributed by atoms with Crippen molar-refractivity contribution in [1.29, 1.82) is 0 Å². The van der Waals surface area contributed by atoms with Gasteiger partial charge in [-0.25, -0.2) is 9.82 Å². The monoisotopic (exact) mass is 526 g/mol. The predicted molar refractivity (Wildman–Crippen MR) is 159 cm³/mol. The highest BCUT2D eigenvalue weighted by molar-refractivity contribution is 6.08. The van der Waals surface area contributed by atoms with Crippen LogP contribution in [0.3, 0.4) is 0 Å². The van der Waals surface area contributed by atoms with Crippen LogP contribution in [0.15, 0.2) is 120 Å². The first-order valence-corrected chi connectivity index (χ1v) is 13.1. The third-order valence-electron chi connectivity index (χ3n) is 7.10. The molecule has 0 saturated carbocycles. The minimum Gasteiger partial charge on any atom is -0.318 e. The second-order valence-corrected chi connectivity index (χ2v) is 9.61. The largest absolute Gasteiger partial charge is 0.318 e. The Morgan fingerprint density at radius 3 is 2.12 bits per heavy atom. The van der Waals surface area contributed by atoms with Crippen LogP contribution in [-0.4, -0.2) is 21.3 Å². The summed E-state index contributed by atoms with van der Waals surface area (Å²) in [4.78, 5) is 13.2. The SMILES string of the molecule is Cc1cc(C(=O)N/N=C\c2c(-c3ccccc3)n(-c3ccccc3)c3ccccc23)c(C)n1-c1ccc(F)cc1. The van der Waals surface area contributed by atoms with E-state index in [4.69, 9.17) is 0 Å². The Morgan fingerprint density at radius 1 is 0.775 bits per heavy atom. The number of hydrogen-bond acceptors (Lipinski definition) is 2. The van der Waals surface area contributed by atoms with Crippen molar-refractivity contribution in [3.8, 4) is 22.6 Å². The number of aromatic nitrogens is 2. The first-order valence-electron chi connectivity index (χ1n) is 13.1. The molecule has 2 heterocycles. The van der Waals surface area contributed by atoms with E-state index in [0.29, 0.717) is 5.56 Å². The molecule has 0 aliphatic carbocycles. The zero-order chi connectivity index (χ0) is 27.6. The number of hydrazone groups is 1. The van der Waals surface area contributed by atoms with Crippen LogP contribution in [0.1, 0.15) is 27.3 Å². The molecular weight excluding hydrogens is 499 g/mol. The van der Waals surface area contributed by atoms with Gasteiger partial charge in [0.15, 0.2) is 0 Å². The fraction of sp³-hybridized carbons (Fsp3) is 0.0588. The number of aryl methyl sites for hydroxylation is 1. The lowest BCUT2D eigenvalue weighted by atomic mass is 10.1. The predicted octanol–water partition coefficient (Wildman–Crippen LogP) is 7.61. The molecule has 1 N–H and O–H groups in total. The van der Waals surface area contributed by atoms with Gasteiger partial charge in [-0.15, -0.1) is 0 Å². The number of fused-ring (bicyclic) bond motifs is 1. The van der Waals surface area contributed by atoms with Gasteiger partial charge in [-0.3, -0.25) is 4.79 Å². The van der Waals surface area contributed by atoms with E-state index in [1.54, 1.807) is 18.3 Å². The van der Waals surface area contributed by atoms with Gasteiger partial charge >= 0.3 is 0 Å². The van der Waals surface area contributed by atoms with E-state index < -0.39 is 0 Å². The van der Waals surface area contributed by atoms with Crippen LogP contribution in [0.25, 0.3) is 33.5 Å². The molecular formula is C34H27FN4O. The summed E-state index contributed by atoms with van der Waals surface area (Å²) in [5.41, 5.74) is 10.7. The summed E-state index contributed by atoms with van der Waals surface area (Å²) >= 11 is 0. The third kappa shape index (κ3) is 4.50. The molecule has 40 heavy (non-hydrogen) atoms.